The summed E-state index contributed by atoms with van der Waals surface area (Å²) in [6.07, 6.45) is 3.20. The maximum Gasteiger partial charge on any atom is 0.271 e. The lowest BCUT2D eigenvalue weighted by Crippen LogP contribution is -2.17. The molecule has 4 rings (SSSR count). The molecule has 0 unspecified atom stereocenters. The minimum atomic E-state index is -0.380. The van der Waals surface area contributed by atoms with E-state index in [4.69, 9.17) is 18.9 Å². The summed E-state index contributed by atoms with van der Waals surface area (Å²) in [5.74, 6) is 1.87. The molecule has 0 fully saturated rings. The molecule has 7 nitrogen and oxygen atoms in total. The van der Waals surface area contributed by atoms with Crippen molar-refractivity contribution in [2.45, 2.75) is 13.5 Å². The second kappa shape index (κ2) is 13.7. The number of amides is 1. The first-order valence-electron chi connectivity index (χ1n) is 12.3. The number of methoxy groups -OCH3 is 1. The van der Waals surface area contributed by atoms with Crippen LogP contribution in [0.15, 0.2) is 90.6 Å². The zero-order valence-corrected chi connectivity index (χ0v) is 23.9. The molecule has 0 aromatic heterocycles. The van der Waals surface area contributed by atoms with Gasteiger partial charge in [0.2, 0.25) is 0 Å². The molecule has 0 radical (unpaired) electrons. The number of ether oxygens (including phenoxy) is 4. The van der Waals surface area contributed by atoms with Crippen molar-refractivity contribution in [3.05, 3.63) is 106 Å². The van der Waals surface area contributed by atoms with E-state index in [1.54, 1.807) is 30.5 Å². The van der Waals surface area contributed by atoms with E-state index in [9.17, 15) is 4.79 Å². The molecule has 39 heavy (non-hydrogen) atoms. The van der Waals surface area contributed by atoms with E-state index in [1.807, 2.05) is 37.3 Å². The van der Waals surface area contributed by atoms with Crippen molar-refractivity contribution >= 4 is 45.5 Å². The lowest BCUT2D eigenvalue weighted by Gasteiger charge is -2.15. The zero-order valence-electron chi connectivity index (χ0n) is 21.8. The second-order valence-electron chi connectivity index (χ2n) is 8.35. The van der Waals surface area contributed by atoms with Crippen molar-refractivity contribution < 1.29 is 23.7 Å². The maximum atomic E-state index is 12.6. The molecule has 8 heteroatoms. The van der Waals surface area contributed by atoms with E-state index in [0.29, 0.717) is 48.4 Å². The summed E-state index contributed by atoms with van der Waals surface area (Å²) >= 11 is 2.22. The molecular formula is C31H29IN2O5. The van der Waals surface area contributed by atoms with E-state index in [0.717, 1.165) is 20.1 Å². The van der Waals surface area contributed by atoms with Gasteiger partial charge < -0.3 is 18.9 Å². The molecule has 0 aliphatic heterocycles. The van der Waals surface area contributed by atoms with Crippen LogP contribution in [0.2, 0.25) is 0 Å². The van der Waals surface area contributed by atoms with Crippen LogP contribution in [0.3, 0.4) is 0 Å². The lowest BCUT2D eigenvalue weighted by molar-refractivity contribution is 0.0954. The Morgan fingerprint density at radius 2 is 1.79 bits per heavy atom. The van der Waals surface area contributed by atoms with Gasteiger partial charge in [-0.05, 0) is 81.7 Å². The van der Waals surface area contributed by atoms with Crippen molar-refractivity contribution in [1.82, 2.24) is 5.43 Å². The standard InChI is InChI=1S/C31H29IN2O5/c1-4-15-38-27-14-13-23(18-28(27)36-3)31(35)34-33-19-21-16-26(32)30(29(17-21)37-5-2)39-20-24-11-8-10-22-9-6-7-12-25(22)24/h4,6-14,16-19H,1,5,15,20H2,2-3H3,(H,34,35)/b33-19+. The van der Waals surface area contributed by atoms with Crippen LogP contribution in [0.5, 0.6) is 23.0 Å². The summed E-state index contributed by atoms with van der Waals surface area (Å²) in [6.45, 7) is 6.77. The number of carbonyl (C=O) groups excluding carboxylic acids is 1. The maximum absolute atomic E-state index is 12.6. The topological polar surface area (TPSA) is 78.4 Å². The van der Waals surface area contributed by atoms with Gasteiger partial charge >= 0.3 is 0 Å². The van der Waals surface area contributed by atoms with Crippen molar-refractivity contribution in [3.8, 4) is 23.0 Å². The zero-order chi connectivity index (χ0) is 27.6. The number of nitrogens with one attached hydrogen (secondary N) is 1. The van der Waals surface area contributed by atoms with Gasteiger partial charge in [0, 0.05) is 5.56 Å². The Morgan fingerprint density at radius 3 is 2.59 bits per heavy atom. The number of halogens is 1. The monoisotopic (exact) mass is 636 g/mol. The molecule has 0 saturated carbocycles. The van der Waals surface area contributed by atoms with Gasteiger partial charge in [-0.15, -0.1) is 0 Å². The third-order valence-corrected chi connectivity index (χ3v) is 6.55. The van der Waals surface area contributed by atoms with Gasteiger partial charge in [0.25, 0.3) is 5.91 Å². The van der Waals surface area contributed by atoms with Crippen LogP contribution in [0, 0.1) is 3.57 Å². The Balaban J connectivity index is 1.47. The number of benzene rings is 4. The fourth-order valence-corrected chi connectivity index (χ4v) is 4.72. The third kappa shape index (κ3) is 7.08. The normalized spacial score (nSPS) is 10.8. The molecule has 0 atom stereocenters. The lowest BCUT2D eigenvalue weighted by atomic mass is 10.1. The van der Waals surface area contributed by atoms with E-state index in [1.165, 1.54) is 12.5 Å². The summed E-state index contributed by atoms with van der Waals surface area (Å²) < 4.78 is 23.9. The van der Waals surface area contributed by atoms with Crippen molar-refractivity contribution in [2.75, 3.05) is 20.3 Å². The summed E-state index contributed by atoms with van der Waals surface area (Å²) in [5.41, 5.74) is 4.79. The molecule has 200 valence electrons. The Morgan fingerprint density at radius 1 is 0.974 bits per heavy atom. The van der Waals surface area contributed by atoms with E-state index < -0.39 is 0 Å². The van der Waals surface area contributed by atoms with Crippen molar-refractivity contribution in [1.29, 1.82) is 0 Å². The number of rotatable bonds is 12. The molecule has 0 heterocycles. The van der Waals surface area contributed by atoms with Gasteiger partial charge in [0.1, 0.15) is 13.2 Å². The Kier molecular flexibility index (Phi) is 9.80. The van der Waals surface area contributed by atoms with Crippen LogP contribution in [0.1, 0.15) is 28.4 Å². The highest BCUT2D eigenvalue weighted by Gasteiger charge is 2.14. The molecule has 0 bridgehead atoms. The van der Waals surface area contributed by atoms with Crippen LogP contribution < -0.4 is 24.4 Å². The second-order valence-corrected chi connectivity index (χ2v) is 9.52. The average Bonchev–Trinajstić information content (AvgIpc) is 2.95. The molecule has 0 aliphatic carbocycles. The predicted octanol–water partition coefficient (Wildman–Crippen LogP) is 6.76. The van der Waals surface area contributed by atoms with Crippen LogP contribution in [-0.2, 0) is 6.61 Å². The number of hydrogen-bond acceptors (Lipinski definition) is 6. The summed E-state index contributed by atoms with van der Waals surface area (Å²) in [5, 5.41) is 6.46. The number of fused-ring (bicyclic) bond motifs is 1. The highest BCUT2D eigenvalue weighted by molar-refractivity contribution is 14.1. The Bertz CT molecular complexity index is 1500. The van der Waals surface area contributed by atoms with Crippen molar-refractivity contribution in [3.63, 3.8) is 0 Å². The van der Waals surface area contributed by atoms with Gasteiger partial charge in [-0.1, -0.05) is 55.1 Å². The quantitative estimate of drug-likeness (QED) is 0.0805. The van der Waals surface area contributed by atoms with Crippen LogP contribution >= 0.6 is 22.6 Å². The molecule has 1 N–H and O–H groups in total. The molecular weight excluding hydrogens is 607 g/mol. The molecule has 1 amide bonds. The number of carbonyl (C=O) groups is 1. The summed E-state index contributed by atoms with van der Waals surface area (Å²) in [7, 11) is 1.52. The first kappa shape index (κ1) is 28.0. The average molecular weight is 636 g/mol. The van der Waals surface area contributed by atoms with E-state index in [-0.39, 0.29) is 5.91 Å². The molecule has 4 aromatic carbocycles. The highest BCUT2D eigenvalue weighted by Crippen LogP contribution is 2.35. The third-order valence-electron chi connectivity index (χ3n) is 5.75. The SMILES string of the molecule is C=CCOc1ccc(C(=O)N/N=C/c2cc(I)c(OCc3cccc4ccccc34)c(OCC)c2)cc1OC. The Hall–Kier alpha value is -4.05. The van der Waals surface area contributed by atoms with Crippen LogP contribution in [0.4, 0.5) is 0 Å². The molecule has 0 spiro atoms. The smallest absolute Gasteiger partial charge is 0.271 e. The first-order chi connectivity index (χ1) is 19.0. The number of nitrogens with zero attached hydrogens (tertiary/aromatic N) is 1. The Labute approximate surface area is 241 Å². The molecule has 0 aliphatic rings. The largest absolute Gasteiger partial charge is 0.493 e. The van der Waals surface area contributed by atoms with Gasteiger partial charge in [-0.2, -0.15) is 5.10 Å². The van der Waals surface area contributed by atoms with Gasteiger partial charge in [-0.25, -0.2) is 5.43 Å². The van der Waals surface area contributed by atoms with E-state index in [2.05, 4.69) is 64.0 Å². The fourth-order valence-electron chi connectivity index (χ4n) is 3.94. The number of hydrogen-bond donors (Lipinski definition) is 1. The molecule has 0 saturated heterocycles. The van der Waals surface area contributed by atoms with Crippen molar-refractivity contribution in [2.24, 2.45) is 5.10 Å². The fraction of sp³-hybridized carbons (Fsp3) is 0.161. The van der Waals surface area contributed by atoms with Crippen LogP contribution in [0.25, 0.3) is 10.8 Å². The highest BCUT2D eigenvalue weighted by atomic mass is 127. The minimum Gasteiger partial charge on any atom is -0.493 e. The van der Waals surface area contributed by atoms with E-state index >= 15 is 0 Å². The number of hydrazone groups is 1. The molecule has 4 aromatic rings. The van der Waals surface area contributed by atoms with Gasteiger partial charge in [-0.3, -0.25) is 4.79 Å². The van der Waals surface area contributed by atoms with Gasteiger partial charge in [0.05, 0.1) is 23.5 Å². The minimum absolute atomic E-state index is 0.335. The van der Waals surface area contributed by atoms with Gasteiger partial charge in [0.15, 0.2) is 23.0 Å². The summed E-state index contributed by atoms with van der Waals surface area (Å²) in [4.78, 5) is 12.6. The first-order valence-corrected chi connectivity index (χ1v) is 13.4. The van der Waals surface area contributed by atoms with Crippen LogP contribution in [-0.4, -0.2) is 32.4 Å². The summed E-state index contributed by atoms with van der Waals surface area (Å²) in [6, 6.07) is 23.1. The predicted molar refractivity (Wildman–Crippen MR) is 162 cm³/mol.